The van der Waals surface area contributed by atoms with E-state index >= 15 is 0 Å². The summed E-state index contributed by atoms with van der Waals surface area (Å²) in [5.41, 5.74) is 0. The predicted octanol–water partition coefficient (Wildman–Crippen LogP) is 20.2. The number of allylic oxidation sites excluding steroid dienone is 9. The van der Waals surface area contributed by atoms with Crippen LogP contribution in [0.25, 0.3) is 0 Å². The summed E-state index contributed by atoms with van der Waals surface area (Å²) in [5, 5.41) is 3.06. The van der Waals surface area contributed by atoms with E-state index in [-0.39, 0.29) is 25.1 Å². The van der Waals surface area contributed by atoms with Crippen molar-refractivity contribution in [3.05, 3.63) is 60.8 Å². The molecule has 0 rings (SSSR count). The van der Waals surface area contributed by atoms with Gasteiger partial charge in [0.05, 0.1) is 33.8 Å². The Bertz CT molecular complexity index is 1500. The minimum Gasteiger partial charge on any atom is -0.456 e. The second-order valence-corrected chi connectivity index (χ2v) is 24.7. The maximum absolute atomic E-state index is 13.6. The number of carbonyl (C=O) groups is 2. The van der Waals surface area contributed by atoms with Gasteiger partial charge in [0.2, 0.25) is 5.91 Å². The van der Waals surface area contributed by atoms with Crippen LogP contribution in [-0.2, 0) is 27.9 Å². The fourth-order valence-corrected chi connectivity index (χ4v) is 10.1. The maximum atomic E-state index is 13.6. The second-order valence-electron chi connectivity index (χ2n) is 23.3. The van der Waals surface area contributed by atoms with Crippen molar-refractivity contribution in [2.75, 3.05) is 40.9 Å². The molecule has 0 aromatic heterocycles. The summed E-state index contributed by atoms with van der Waals surface area (Å²) < 4.78 is 30.7. The number of likely N-dealkylation sites (N-methyl/N-ethyl adjacent to an activating group) is 1. The third-order valence-electron chi connectivity index (χ3n) is 14.5. The van der Waals surface area contributed by atoms with Crippen LogP contribution in [0.3, 0.4) is 0 Å². The van der Waals surface area contributed by atoms with E-state index in [4.69, 9.17) is 13.8 Å². The van der Waals surface area contributed by atoms with Gasteiger partial charge in [-0.3, -0.25) is 18.6 Å². The highest BCUT2D eigenvalue weighted by Crippen LogP contribution is 2.43. The molecule has 9 nitrogen and oxygen atoms in total. The highest BCUT2D eigenvalue weighted by Gasteiger charge is 2.30. The zero-order valence-electron chi connectivity index (χ0n) is 51.5. The number of quaternary nitrogens is 1. The van der Waals surface area contributed by atoms with E-state index in [0.717, 1.165) is 89.9 Å². The van der Waals surface area contributed by atoms with Crippen molar-refractivity contribution in [2.45, 2.75) is 315 Å². The third-order valence-corrected chi connectivity index (χ3v) is 15.4. The Morgan fingerprint density at radius 1 is 0.455 bits per heavy atom. The first-order valence-corrected chi connectivity index (χ1v) is 34.1. The Morgan fingerprint density at radius 2 is 0.792 bits per heavy atom. The third kappa shape index (κ3) is 58.2. The van der Waals surface area contributed by atoms with Gasteiger partial charge in [-0.25, -0.2) is 4.57 Å². The molecule has 450 valence electrons. The fourth-order valence-electron chi connectivity index (χ4n) is 9.40. The van der Waals surface area contributed by atoms with Gasteiger partial charge in [-0.15, -0.1) is 0 Å². The van der Waals surface area contributed by atoms with Crippen LogP contribution in [0, 0.1) is 0 Å². The number of phosphoric ester groups is 1. The zero-order chi connectivity index (χ0) is 56.4. The average Bonchev–Trinajstić information content (AvgIpc) is 3.39. The first-order chi connectivity index (χ1) is 37.4. The minimum atomic E-state index is -4.45. The number of unbranched alkanes of at least 4 members (excludes halogenated alkanes) is 35. The molecule has 0 aliphatic heterocycles. The van der Waals surface area contributed by atoms with Crippen LogP contribution in [0.1, 0.15) is 303 Å². The van der Waals surface area contributed by atoms with E-state index in [1.54, 1.807) is 0 Å². The van der Waals surface area contributed by atoms with Crippen LogP contribution >= 0.6 is 7.82 Å². The molecule has 0 bridgehead atoms. The van der Waals surface area contributed by atoms with Crippen molar-refractivity contribution in [1.82, 2.24) is 5.32 Å². The quantitative estimate of drug-likeness (QED) is 0.0205. The average molecular weight is 1100 g/mol. The Hall–Kier alpha value is -2.29. The maximum Gasteiger partial charge on any atom is 0.472 e. The SMILES string of the molecule is CCCCC/C=C\C/C=C\C/C=C\C/C=C\CCCCCCCCCC(=O)NC(COP(=O)(O)OCC[N+](C)(C)C)C(/C=C\CCCCCCCCCCCCC)OC(=O)CCCCCCCCCCCCCCCCC. The van der Waals surface area contributed by atoms with E-state index in [1.165, 1.54) is 180 Å². The van der Waals surface area contributed by atoms with Crippen LogP contribution in [0.4, 0.5) is 0 Å². The van der Waals surface area contributed by atoms with Crippen molar-refractivity contribution in [1.29, 1.82) is 0 Å². The van der Waals surface area contributed by atoms with Crippen molar-refractivity contribution < 1.29 is 37.3 Å². The number of phosphoric acid groups is 1. The topological polar surface area (TPSA) is 111 Å². The van der Waals surface area contributed by atoms with Gasteiger partial charge < -0.3 is 19.4 Å². The minimum absolute atomic E-state index is 0.0379. The molecular formula is C67H126N2O7P+. The summed E-state index contributed by atoms with van der Waals surface area (Å²) in [4.78, 5) is 37.8. The molecule has 3 unspecified atom stereocenters. The normalized spacial score (nSPS) is 14.0. The molecule has 0 fully saturated rings. The Labute approximate surface area is 477 Å². The molecular weight excluding hydrogens is 976 g/mol. The number of hydrogen-bond donors (Lipinski definition) is 2. The van der Waals surface area contributed by atoms with Gasteiger partial charge in [-0.05, 0) is 76.7 Å². The number of rotatable bonds is 59. The van der Waals surface area contributed by atoms with Crippen molar-refractivity contribution in [3.8, 4) is 0 Å². The molecule has 77 heavy (non-hydrogen) atoms. The summed E-state index contributed by atoms with van der Waals surface area (Å²) in [6, 6.07) is -0.854. The van der Waals surface area contributed by atoms with Crippen molar-refractivity contribution in [2.24, 2.45) is 0 Å². The molecule has 10 heteroatoms. The van der Waals surface area contributed by atoms with Gasteiger partial charge in [0.15, 0.2) is 0 Å². The summed E-state index contributed by atoms with van der Waals surface area (Å²) in [6.45, 7) is 7.00. The molecule has 0 heterocycles. The molecule has 0 aliphatic carbocycles. The lowest BCUT2D eigenvalue weighted by Crippen LogP contribution is -2.47. The number of ether oxygens (including phenoxy) is 1. The Kier molecular flexibility index (Phi) is 55.3. The van der Waals surface area contributed by atoms with E-state index in [0.29, 0.717) is 23.9 Å². The number of amides is 1. The lowest BCUT2D eigenvalue weighted by Gasteiger charge is -2.27. The molecule has 0 aliphatic rings. The highest BCUT2D eigenvalue weighted by molar-refractivity contribution is 7.47. The van der Waals surface area contributed by atoms with Gasteiger partial charge in [0, 0.05) is 12.8 Å². The lowest BCUT2D eigenvalue weighted by atomic mass is 10.0. The number of hydrogen-bond acceptors (Lipinski definition) is 6. The summed E-state index contributed by atoms with van der Waals surface area (Å²) >= 11 is 0. The van der Waals surface area contributed by atoms with Crippen LogP contribution in [-0.4, -0.2) is 74.3 Å². The van der Waals surface area contributed by atoms with Crippen LogP contribution in [0.5, 0.6) is 0 Å². The molecule has 0 aromatic rings. The predicted molar refractivity (Wildman–Crippen MR) is 332 cm³/mol. The van der Waals surface area contributed by atoms with Crippen LogP contribution < -0.4 is 5.32 Å². The molecule has 0 aromatic carbocycles. The number of nitrogens with one attached hydrogen (secondary N) is 1. The smallest absolute Gasteiger partial charge is 0.456 e. The second kappa shape index (κ2) is 57.0. The highest BCUT2D eigenvalue weighted by atomic mass is 31.2. The lowest BCUT2D eigenvalue weighted by molar-refractivity contribution is -0.870. The number of esters is 1. The zero-order valence-corrected chi connectivity index (χ0v) is 52.3. The Balaban J connectivity index is 5.22. The van der Waals surface area contributed by atoms with E-state index in [1.807, 2.05) is 33.3 Å². The van der Waals surface area contributed by atoms with Gasteiger partial charge in [-0.2, -0.15) is 0 Å². The molecule has 2 N–H and O–H groups in total. The molecule has 0 radical (unpaired) electrons. The number of nitrogens with zero attached hydrogens (tertiary/aromatic N) is 1. The summed E-state index contributed by atoms with van der Waals surface area (Å²) in [6.07, 6.45) is 72.1. The largest absolute Gasteiger partial charge is 0.472 e. The fraction of sp³-hybridized carbons (Fsp3) is 0.821. The summed E-state index contributed by atoms with van der Waals surface area (Å²) in [7, 11) is 1.49. The van der Waals surface area contributed by atoms with Crippen LogP contribution in [0.15, 0.2) is 60.8 Å². The first-order valence-electron chi connectivity index (χ1n) is 32.6. The van der Waals surface area contributed by atoms with Gasteiger partial charge in [-0.1, -0.05) is 275 Å². The van der Waals surface area contributed by atoms with Gasteiger partial charge >= 0.3 is 13.8 Å². The molecule has 0 spiro atoms. The van der Waals surface area contributed by atoms with Crippen molar-refractivity contribution in [3.63, 3.8) is 0 Å². The monoisotopic (exact) mass is 1100 g/mol. The van der Waals surface area contributed by atoms with Gasteiger partial charge in [0.1, 0.15) is 19.3 Å². The molecule has 0 saturated carbocycles. The van der Waals surface area contributed by atoms with E-state index in [9.17, 15) is 19.0 Å². The van der Waals surface area contributed by atoms with E-state index < -0.39 is 20.0 Å². The first kappa shape index (κ1) is 74.7. The van der Waals surface area contributed by atoms with Crippen LogP contribution in [0.2, 0.25) is 0 Å². The van der Waals surface area contributed by atoms with E-state index in [2.05, 4.69) is 74.7 Å². The standard InChI is InChI=1S/C67H125N2O7P/c1-7-10-13-16-19-22-25-28-30-31-32-33-34-35-36-37-39-41-44-47-50-53-56-59-66(70)68-64(63-75-77(72,73)74-62-61-69(4,5)6)65(58-55-52-49-46-43-40-27-24-21-18-15-12-9-3)76-67(71)60-57-54-51-48-45-42-38-29-26-23-20-17-14-11-8-2/h19,22,28,30,32-33,35-36,55,58,64-65H,7-18,20-21,23-27,29,31,34,37-54,56-57,59-63H2,1-6H3,(H-,68,70,72,73)/p+1/b22-19-,30-28-,33-32-,36-35-,58-55-. The summed E-state index contributed by atoms with van der Waals surface area (Å²) in [5.74, 6) is -0.507. The Morgan fingerprint density at radius 3 is 1.21 bits per heavy atom. The number of carbonyl (C=O) groups excluding carboxylic acids is 2. The van der Waals surface area contributed by atoms with Gasteiger partial charge in [0.25, 0.3) is 0 Å². The molecule has 0 saturated heterocycles. The molecule has 1 amide bonds. The molecule has 3 atom stereocenters. The van der Waals surface area contributed by atoms with Crippen molar-refractivity contribution >= 4 is 19.7 Å².